The molecule has 1 fully saturated rings. The Morgan fingerprint density at radius 1 is 1.21 bits per heavy atom. The van der Waals surface area contributed by atoms with Crippen LogP contribution in [0.1, 0.15) is 61.8 Å². The maximum Gasteiger partial charge on any atom is 0.347 e. The van der Waals surface area contributed by atoms with Crippen LogP contribution in [0, 0.1) is 0 Å². The van der Waals surface area contributed by atoms with Gasteiger partial charge in [0.25, 0.3) is 0 Å². The summed E-state index contributed by atoms with van der Waals surface area (Å²) >= 11 is 1.33. The van der Waals surface area contributed by atoms with Crippen LogP contribution in [0.3, 0.4) is 0 Å². The van der Waals surface area contributed by atoms with Crippen LogP contribution in [0.15, 0.2) is 0 Å². The summed E-state index contributed by atoms with van der Waals surface area (Å²) in [5.74, 6) is -0.858. The molecule has 19 heavy (non-hydrogen) atoms. The van der Waals surface area contributed by atoms with Crippen molar-refractivity contribution in [2.45, 2.75) is 51.9 Å². The van der Waals surface area contributed by atoms with Gasteiger partial charge in [-0.1, -0.05) is 44.9 Å². The van der Waals surface area contributed by atoms with Gasteiger partial charge in [0.1, 0.15) is 4.88 Å². The van der Waals surface area contributed by atoms with Crippen LogP contribution in [0.2, 0.25) is 0 Å². The van der Waals surface area contributed by atoms with Crippen LogP contribution in [-0.4, -0.2) is 29.1 Å². The van der Waals surface area contributed by atoms with Gasteiger partial charge in [-0.25, -0.2) is 9.78 Å². The van der Waals surface area contributed by atoms with Crippen molar-refractivity contribution in [1.82, 2.24) is 4.98 Å². The van der Waals surface area contributed by atoms with Crippen molar-refractivity contribution in [2.24, 2.45) is 0 Å². The van der Waals surface area contributed by atoms with Gasteiger partial charge in [-0.15, -0.1) is 0 Å². The van der Waals surface area contributed by atoms with Crippen LogP contribution in [0.4, 0.5) is 5.13 Å². The second-order valence-electron chi connectivity index (χ2n) is 6.13. The van der Waals surface area contributed by atoms with Crippen molar-refractivity contribution in [3.05, 3.63) is 10.6 Å². The molecule has 1 N–H and O–H groups in total. The number of nitrogens with zero attached hydrogens (tertiary/aromatic N) is 2. The highest BCUT2D eigenvalue weighted by molar-refractivity contribution is 7.17. The Morgan fingerprint density at radius 3 is 2.21 bits per heavy atom. The van der Waals surface area contributed by atoms with Crippen molar-refractivity contribution in [3.63, 3.8) is 0 Å². The number of rotatable bonds is 2. The monoisotopic (exact) mass is 282 g/mol. The number of carbonyl (C=O) groups is 1. The molecule has 0 aliphatic carbocycles. The van der Waals surface area contributed by atoms with Gasteiger partial charge in [0.2, 0.25) is 0 Å². The molecule has 0 aromatic carbocycles. The molecule has 5 heteroatoms. The fourth-order valence-electron chi connectivity index (χ4n) is 2.36. The van der Waals surface area contributed by atoms with Gasteiger partial charge in [0.15, 0.2) is 5.13 Å². The molecule has 0 atom stereocenters. The van der Waals surface area contributed by atoms with E-state index >= 15 is 0 Å². The Hall–Kier alpha value is -1.10. The first-order chi connectivity index (χ1) is 8.89. The minimum Gasteiger partial charge on any atom is -0.477 e. The number of thiazole rings is 1. The number of aromatic carboxylic acids is 1. The number of carboxylic acids is 1. The summed E-state index contributed by atoms with van der Waals surface area (Å²) in [6.45, 7) is 8.04. The van der Waals surface area contributed by atoms with E-state index in [1.807, 2.05) is 20.8 Å². The highest BCUT2D eigenvalue weighted by Crippen LogP contribution is 2.34. The molecule has 0 amide bonds. The van der Waals surface area contributed by atoms with E-state index in [1.165, 1.54) is 37.0 Å². The molecule has 1 saturated heterocycles. The van der Waals surface area contributed by atoms with Crippen LogP contribution in [-0.2, 0) is 5.41 Å². The maximum absolute atomic E-state index is 11.4. The van der Waals surface area contributed by atoms with Crippen LogP contribution in [0.25, 0.3) is 0 Å². The van der Waals surface area contributed by atoms with Crippen molar-refractivity contribution in [2.75, 3.05) is 18.0 Å². The number of carboxylic acid groups (broad SMARTS) is 1. The highest BCUT2D eigenvalue weighted by Gasteiger charge is 2.28. The topological polar surface area (TPSA) is 53.4 Å². The predicted molar refractivity (Wildman–Crippen MR) is 78.5 cm³/mol. The van der Waals surface area contributed by atoms with Gasteiger partial charge in [0.05, 0.1) is 5.69 Å². The zero-order valence-electron chi connectivity index (χ0n) is 11.9. The third kappa shape index (κ3) is 3.26. The molecule has 106 valence electrons. The first-order valence-electron chi connectivity index (χ1n) is 6.89. The van der Waals surface area contributed by atoms with Crippen molar-refractivity contribution in [1.29, 1.82) is 0 Å². The van der Waals surface area contributed by atoms with E-state index in [4.69, 9.17) is 0 Å². The number of hydrogen-bond acceptors (Lipinski definition) is 4. The van der Waals surface area contributed by atoms with Gasteiger partial charge < -0.3 is 10.0 Å². The zero-order valence-corrected chi connectivity index (χ0v) is 12.7. The first-order valence-corrected chi connectivity index (χ1v) is 7.71. The second kappa shape index (κ2) is 5.49. The van der Waals surface area contributed by atoms with E-state index in [2.05, 4.69) is 9.88 Å². The molecule has 0 unspecified atom stereocenters. The Kier molecular flexibility index (Phi) is 4.13. The highest BCUT2D eigenvalue weighted by atomic mass is 32.1. The Bertz CT molecular complexity index is 455. The predicted octanol–water partition coefficient (Wildman–Crippen LogP) is 3.52. The molecule has 1 aliphatic heterocycles. The number of aromatic nitrogens is 1. The minimum atomic E-state index is -0.858. The molecule has 1 aromatic rings. The summed E-state index contributed by atoms with van der Waals surface area (Å²) < 4.78 is 0. The third-order valence-electron chi connectivity index (χ3n) is 3.40. The van der Waals surface area contributed by atoms with E-state index in [0.29, 0.717) is 10.6 Å². The Morgan fingerprint density at radius 2 is 1.79 bits per heavy atom. The molecule has 1 aromatic heterocycles. The van der Waals surface area contributed by atoms with E-state index < -0.39 is 5.97 Å². The molecule has 0 radical (unpaired) electrons. The van der Waals surface area contributed by atoms with Gasteiger partial charge in [-0.3, -0.25) is 0 Å². The SMILES string of the molecule is CC(C)(C)c1nc(N2CCCCCC2)sc1C(=O)O. The second-order valence-corrected chi connectivity index (χ2v) is 7.11. The number of anilines is 1. The lowest BCUT2D eigenvalue weighted by Crippen LogP contribution is -2.24. The lowest BCUT2D eigenvalue weighted by molar-refractivity contribution is 0.0699. The summed E-state index contributed by atoms with van der Waals surface area (Å²) in [5.41, 5.74) is 0.484. The molecule has 0 spiro atoms. The summed E-state index contributed by atoms with van der Waals surface area (Å²) in [6, 6.07) is 0. The third-order valence-corrected chi connectivity index (χ3v) is 4.50. The lowest BCUT2D eigenvalue weighted by atomic mass is 9.91. The first kappa shape index (κ1) is 14.3. The summed E-state index contributed by atoms with van der Waals surface area (Å²) in [4.78, 5) is 18.7. The van der Waals surface area contributed by atoms with Crippen LogP contribution in [0.5, 0.6) is 0 Å². The van der Waals surface area contributed by atoms with Crippen molar-refractivity contribution < 1.29 is 9.90 Å². The average molecular weight is 282 g/mol. The zero-order chi connectivity index (χ0) is 14.0. The van der Waals surface area contributed by atoms with Crippen molar-refractivity contribution in [3.8, 4) is 0 Å². The van der Waals surface area contributed by atoms with Crippen LogP contribution < -0.4 is 4.90 Å². The minimum absolute atomic E-state index is 0.228. The quantitative estimate of drug-likeness (QED) is 0.901. The maximum atomic E-state index is 11.4. The summed E-state index contributed by atoms with van der Waals surface area (Å²) in [7, 11) is 0. The molecule has 0 saturated carbocycles. The normalized spacial score (nSPS) is 17.3. The van der Waals surface area contributed by atoms with Gasteiger partial charge in [0, 0.05) is 18.5 Å². The fraction of sp³-hybridized carbons (Fsp3) is 0.714. The fourth-order valence-corrected chi connectivity index (χ4v) is 3.53. The molecule has 0 bridgehead atoms. The molecule has 2 heterocycles. The number of hydrogen-bond donors (Lipinski definition) is 1. The van der Waals surface area contributed by atoms with Crippen LogP contribution >= 0.6 is 11.3 Å². The Labute approximate surface area is 118 Å². The largest absolute Gasteiger partial charge is 0.477 e. The summed E-state index contributed by atoms with van der Waals surface area (Å²) in [6.07, 6.45) is 4.87. The molecule has 1 aliphatic rings. The van der Waals surface area contributed by atoms with Crippen molar-refractivity contribution >= 4 is 22.4 Å². The standard InChI is InChI=1S/C14H22N2O2S/c1-14(2,3)11-10(12(17)18)19-13(15-11)16-8-6-4-5-7-9-16/h4-9H2,1-3H3,(H,17,18). The van der Waals surface area contributed by atoms with E-state index in [0.717, 1.165) is 18.2 Å². The van der Waals surface area contributed by atoms with E-state index in [9.17, 15) is 9.90 Å². The average Bonchev–Trinajstić information content (AvgIpc) is 2.60. The van der Waals surface area contributed by atoms with E-state index in [1.54, 1.807) is 0 Å². The Balaban J connectivity index is 2.34. The van der Waals surface area contributed by atoms with E-state index in [-0.39, 0.29) is 5.41 Å². The molecule has 2 rings (SSSR count). The lowest BCUT2D eigenvalue weighted by Gasteiger charge is -2.19. The molecular weight excluding hydrogens is 260 g/mol. The molecule has 4 nitrogen and oxygen atoms in total. The van der Waals surface area contributed by atoms with Gasteiger partial charge >= 0.3 is 5.97 Å². The van der Waals surface area contributed by atoms with Gasteiger partial charge in [-0.05, 0) is 12.8 Å². The summed E-state index contributed by atoms with van der Waals surface area (Å²) in [5, 5.41) is 10.2. The van der Waals surface area contributed by atoms with Gasteiger partial charge in [-0.2, -0.15) is 0 Å². The molecular formula is C14H22N2O2S. The smallest absolute Gasteiger partial charge is 0.347 e.